The molecule has 0 saturated heterocycles. The first-order chi connectivity index (χ1) is 27.0. The van der Waals surface area contributed by atoms with Crippen LogP contribution in [-0.2, 0) is 46.6 Å². The second kappa shape index (κ2) is 30.5. The average molecular weight is 859 g/mol. The molecule has 1 rings (SSSR count). The highest BCUT2D eigenvalue weighted by Gasteiger charge is 2.39. The Morgan fingerprint density at radius 1 is 0.772 bits per heavy atom. The van der Waals surface area contributed by atoms with Gasteiger partial charge in [0.05, 0.1) is 32.0 Å². The molecule has 0 aromatic rings. The lowest BCUT2D eigenvalue weighted by atomic mass is 9.88. The summed E-state index contributed by atoms with van der Waals surface area (Å²) in [5.74, 6) is -1.14. The maximum absolute atomic E-state index is 12.7. The Bertz CT molecular complexity index is 1240. The van der Waals surface area contributed by atoms with Crippen molar-refractivity contribution in [1.82, 2.24) is 0 Å². The summed E-state index contributed by atoms with van der Waals surface area (Å²) in [6, 6.07) is 0. The maximum atomic E-state index is 12.7. The number of rotatable bonds is 35. The average Bonchev–Trinajstić information content (AvgIpc) is 3.42. The zero-order valence-corrected chi connectivity index (χ0v) is 36.1. The van der Waals surface area contributed by atoms with E-state index in [1.807, 2.05) is 0 Å². The van der Waals surface area contributed by atoms with Crippen LogP contribution in [0.4, 0.5) is 0 Å². The molecule has 57 heavy (non-hydrogen) atoms. The normalized spacial score (nSPS) is 20.6. The van der Waals surface area contributed by atoms with Crippen molar-refractivity contribution in [3.8, 4) is 0 Å². The van der Waals surface area contributed by atoms with Crippen molar-refractivity contribution in [3.63, 3.8) is 0 Å². The van der Waals surface area contributed by atoms with Crippen LogP contribution in [-0.4, -0.2) is 98.6 Å². The van der Waals surface area contributed by atoms with Gasteiger partial charge in [-0.05, 0) is 31.6 Å². The van der Waals surface area contributed by atoms with Gasteiger partial charge in [0, 0.05) is 31.1 Å². The van der Waals surface area contributed by atoms with E-state index in [0.29, 0.717) is 44.9 Å². The van der Waals surface area contributed by atoms with Crippen molar-refractivity contribution >= 4 is 33.4 Å². The van der Waals surface area contributed by atoms with E-state index < -0.39 is 78.4 Å². The largest absolute Gasteiger partial charge is 0.472 e. The van der Waals surface area contributed by atoms with Crippen LogP contribution in [0.2, 0.25) is 0 Å². The van der Waals surface area contributed by atoms with Gasteiger partial charge < -0.3 is 39.5 Å². The number of carbonyl (C=O) groups excluding carboxylic acids is 3. The van der Waals surface area contributed by atoms with Gasteiger partial charge >= 0.3 is 27.6 Å². The molecule has 0 heterocycles. The van der Waals surface area contributed by atoms with Crippen molar-refractivity contribution in [2.24, 2.45) is 17.8 Å². The van der Waals surface area contributed by atoms with Crippen molar-refractivity contribution in [3.05, 3.63) is 12.2 Å². The Hall–Kier alpha value is -1.55. The van der Waals surface area contributed by atoms with Crippen LogP contribution in [0.15, 0.2) is 12.2 Å². The summed E-state index contributed by atoms with van der Waals surface area (Å²) in [6.45, 7) is 3.61. The van der Waals surface area contributed by atoms with E-state index in [2.05, 4.69) is 29.8 Å². The number of unbranched alkanes of at least 4 members (excludes halogenated alkanes) is 10. The highest BCUT2D eigenvalue weighted by molar-refractivity contribution is 7.47. The molecule has 0 bridgehead atoms. The number of Topliss-reactive ketones (excluding diaryl/α,β-unsaturated/α-hetero) is 1. The minimum absolute atomic E-state index is 0.000892. The number of carbonyl (C=O) groups is 3. The van der Waals surface area contributed by atoms with Gasteiger partial charge in [-0.1, -0.05) is 116 Å². The van der Waals surface area contributed by atoms with E-state index in [1.165, 1.54) is 19.3 Å². The summed E-state index contributed by atoms with van der Waals surface area (Å²) >= 11 is 0. The summed E-state index contributed by atoms with van der Waals surface area (Å²) in [4.78, 5) is 65.3. The summed E-state index contributed by atoms with van der Waals surface area (Å²) in [7, 11) is -9.76. The molecule has 18 heteroatoms. The third-order valence-corrected chi connectivity index (χ3v) is 11.5. The fourth-order valence-electron chi connectivity index (χ4n) is 6.45. The molecule has 0 aromatic carbocycles. The molecular weight excluding hydrogens is 786 g/mol. The molecule has 0 aliphatic heterocycles. The van der Waals surface area contributed by atoms with Crippen molar-refractivity contribution in [2.75, 3.05) is 26.4 Å². The zero-order valence-electron chi connectivity index (χ0n) is 34.3. The summed E-state index contributed by atoms with van der Waals surface area (Å²) in [5, 5.41) is 30.4. The number of aliphatic hydroxyl groups excluding tert-OH is 3. The molecule has 0 radical (unpaired) electrons. The first-order valence-electron chi connectivity index (χ1n) is 20.9. The molecule has 0 amide bonds. The van der Waals surface area contributed by atoms with Crippen LogP contribution in [0, 0.1) is 17.8 Å². The number of ketones is 1. The highest BCUT2D eigenvalue weighted by atomic mass is 31.2. The Morgan fingerprint density at radius 3 is 2.00 bits per heavy atom. The molecule has 0 aromatic heterocycles. The number of ether oxygens (including phenoxy) is 2. The van der Waals surface area contributed by atoms with Crippen molar-refractivity contribution in [1.29, 1.82) is 0 Å². The number of hydrogen-bond acceptors (Lipinski definition) is 13. The van der Waals surface area contributed by atoms with Gasteiger partial charge in [-0.25, -0.2) is 9.13 Å². The molecule has 1 aliphatic carbocycles. The molecule has 16 nitrogen and oxygen atoms in total. The lowest BCUT2D eigenvalue weighted by molar-refractivity contribution is -0.161. The van der Waals surface area contributed by atoms with E-state index in [9.17, 15) is 43.7 Å². The van der Waals surface area contributed by atoms with E-state index in [4.69, 9.17) is 23.8 Å². The van der Waals surface area contributed by atoms with E-state index in [1.54, 1.807) is 12.2 Å². The molecule has 2 unspecified atom stereocenters. The van der Waals surface area contributed by atoms with Crippen LogP contribution in [0.1, 0.15) is 149 Å². The zero-order chi connectivity index (χ0) is 42.7. The van der Waals surface area contributed by atoms with Crippen molar-refractivity contribution in [2.45, 2.75) is 174 Å². The standard InChI is InChI=1S/C39H72O16P2/c1-4-6-13-19-31(40)23-24-35-34(36(42)25-37(35)43)20-15-11-12-17-22-39(45)55-33(29-54-57(49,50)53-27-32(41)26-52-56(46,47)48)28-51-38(44)21-16-10-8-7-9-14-18-30(3)5-2/h23-24,30-35,37,40-41,43H,4-22,25-29H2,1-3H3,(H,49,50)(H2,46,47,48)/b24-23+/t30?,31-,32-,33+,34+,35+,37+/m0/s1. The third kappa shape index (κ3) is 27.8. The Kier molecular flexibility index (Phi) is 28.6. The minimum Gasteiger partial charge on any atom is -0.462 e. The van der Waals surface area contributed by atoms with Gasteiger partial charge in [-0.2, -0.15) is 0 Å². The van der Waals surface area contributed by atoms with Crippen LogP contribution in [0.25, 0.3) is 0 Å². The molecule has 334 valence electrons. The number of hydrogen-bond donors (Lipinski definition) is 6. The van der Waals surface area contributed by atoms with Gasteiger partial charge in [-0.15, -0.1) is 0 Å². The number of phosphoric ester groups is 2. The number of aliphatic hydroxyl groups is 3. The fourth-order valence-corrected chi connectivity index (χ4v) is 7.61. The lowest BCUT2D eigenvalue weighted by Crippen LogP contribution is -2.30. The van der Waals surface area contributed by atoms with Crippen LogP contribution in [0.3, 0.4) is 0 Å². The number of esters is 2. The molecular formula is C39H72O16P2. The first-order valence-corrected chi connectivity index (χ1v) is 23.9. The molecule has 6 N–H and O–H groups in total. The van der Waals surface area contributed by atoms with Gasteiger partial charge in [-0.3, -0.25) is 28.0 Å². The topological polar surface area (TPSA) is 253 Å². The Labute approximate surface area is 339 Å². The van der Waals surface area contributed by atoms with E-state index in [0.717, 1.165) is 50.9 Å². The second-order valence-corrected chi connectivity index (χ2v) is 18.0. The first kappa shape index (κ1) is 53.5. The van der Waals surface area contributed by atoms with Gasteiger partial charge in [0.25, 0.3) is 0 Å². The summed E-state index contributed by atoms with van der Waals surface area (Å²) in [6.07, 6.45) is 14.3. The van der Waals surface area contributed by atoms with Crippen molar-refractivity contribution < 1.29 is 76.6 Å². The molecule has 1 saturated carbocycles. The summed E-state index contributed by atoms with van der Waals surface area (Å²) < 4.78 is 47.7. The van der Waals surface area contributed by atoms with Crippen LogP contribution in [0.5, 0.6) is 0 Å². The fraction of sp³-hybridized carbons (Fsp3) is 0.872. The minimum atomic E-state index is -4.89. The molecule has 1 fully saturated rings. The predicted octanol–water partition coefficient (Wildman–Crippen LogP) is 6.62. The van der Waals surface area contributed by atoms with E-state index in [-0.39, 0.29) is 36.9 Å². The summed E-state index contributed by atoms with van der Waals surface area (Å²) in [5.41, 5.74) is 0. The molecule has 8 atom stereocenters. The Balaban J connectivity index is 2.59. The Morgan fingerprint density at radius 2 is 1.35 bits per heavy atom. The maximum Gasteiger partial charge on any atom is 0.472 e. The monoisotopic (exact) mass is 858 g/mol. The number of phosphoric acid groups is 2. The predicted molar refractivity (Wildman–Crippen MR) is 213 cm³/mol. The van der Waals surface area contributed by atoms with Crippen LogP contribution >= 0.6 is 15.6 Å². The van der Waals surface area contributed by atoms with Gasteiger partial charge in [0.2, 0.25) is 0 Å². The van der Waals surface area contributed by atoms with Gasteiger partial charge in [0.1, 0.15) is 18.5 Å². The van der Waals surface area contributed by atoms with Crippen LogP contribution < -0.4 is 0 Å². The smallest absolute Gasteiger partial charge is 0.462 e. The molecule has 1 aliphatic rings. The highest BCUT2D eigenvalue weighted by Crippen LogP contribution is 2.44. The van der Waals surface area contributed by atoms with Gasteiger partial charge in [0.15, 0.2) is 6.10 Å². The third-order valence-electron chi connectivity index (χ3n) is 10.1. The molecule has 0 spiro atoms. The van der Waals surface area contributed by atoms with E-state index >= 15 is 0 Å². The second-order valence-electron chi connectivity index (χ2n) is 15.3. The lowest BCUT2D eigenvalue weighted by Gasteiger charge is -2.20. The SMILES string of the molecule is CCCCC[C@H](O)/C=C/[C@H]1[C@H](O)CC(=O)[C@@H]1CCCCCCC(=O)O[C@H](COC(=O)CCCCCCCCC(C)CC)COP(=O)(O)OC[C@@H](O)COP(=O)(O)O. The quantitative estimate of drug-likeness (QED) is 0.0170.